The van der Waals surface area contributed by atoms with Crippen LogP contribution in [0.15, 0.2) is 0 Å². The van der Waals surface area contributed by atoms with Crippen molar-refractivity contribution in [2.24, 2.45) is 0 Å². The topological polar surface area (TPSA) is 91.3 Å². The van der Waals surface area contributed by atoms with E-state index in [4.69, 9.17) is 18.5 Å². The van der Waals surface area contributed by atoms with Crippen molar-refractivity contribution in [3.05, 3.63) is 0 Å². The van der Waals surface area contributed by atoms with Crippen LogP contribution in [-0.2, 0) is 27.9 Å². The summed E-state index contributed by atoms with van der Waals surface area (Å²) in [4.78, 5) is 23.0. The molecular formula is C55H113NO7P+. The number of carbonyl (C=O) groups is 1. The molecule has 1 N–H and O–H groups in total. The van der Waals surface area contributed by atoms with E-state index in [1.54, 1.807) is 0 Å². The zero-order chi connectivity index (χ0) is 46.9. The Morgan fingerprint density at radius 2 is 0.719 bits per heavy atom. The molecule has 8 nitrogen and oxygen atoms in total. The third-order valence-corrected chi connectivity index (χ3v) is 13.9. The molecule has 0 saturated carbocycles. The largest absolute Gasteiger partial charge is 0.472 e. The van der Waals surface area contributed by atoms with Gasteiger partial charge in [-0.05, 0) is 12.8 Å². The lowest BCUT2D eigenvalue weighted by Crippen LogP contribution is -2.37. The van der Waals surface area contributed by atoms with Crippen LogP contribution in [-0.4, -0.2) is 75.6 Å². The van der Waals surface area contributed by atoms with Gasteiger partial charge in [0.2, 0.25) is 0 Å². The fourth-order valence-electron chi connectivity index (χ4n) is 8.56. The van der Waals surface area contributed by atoms with Crippen LogP contribution in [0.3, 0.4) is 0 Å². The molecule has 384 valence electrons. The number of hydrogen-bond donors (Lipinski definition) is 1. The SMILES string of the molecule is CCCCCCCCCCCCCCCCCCCCCCCCCCCCCCC(=O)O[C@H](COCCCCCCCCCCCCCCCC)COP(=O)(O)OCC[N+](C)(C)C. The minimum Gasteiger partial charge on any atom is -0.457 e. The average molecular weight is 931 g/mol. The summed E-state index contributed by atoms with van der Waals surface area (Å²) in [5, 5.41) is 0. The van der Waals surface area contributed by atoms with Crippen LogP contribution in [0.2, 0.25) is 0 Å². The lowest BCUT2D eigenvalue weighted by atomic mass is 10.0. The molecule has 2 atom stereocenters. The molecule has 0 spiro atoms. The first-order valence-corrected chi connectivity index (χ1v) is 29.8. The van der Waals surface area contributed by atoms with Gasteiger partial charge in [-0.3, -0.25) is 13.8 Å². The van der Waals surface area contributed by atoms with E-state index in [1.807, 2.05) is 21.1 Å². The Balaban J connectivity index is 3.93. The van der Waals surface area contributed by atoms with Crippen LogP contribution in [0.25, 0.3) is 0 Å². The normalized spacial score (nSPS) is 13.4. The highest BCUT2D eigenvalue weighted by atomic mass is 31.2. The van der Waals surface area contributed by atoms with Gasteiger partial charge in [0.05, 0.1) is 34.4 Å². The van der Waals surface area contributed by atoms with Gasteiger partial charge >= 0.3 is 13.8 Å². The third-order valence-electron chi connectivity index (χ3n) is 12.9. The fraction of sp³-hybridized carbons (Fsp3) is 0.982. The van der Waals surface area contributed by atoms with Gasteiger partial charge in [-0.1, -0.05) is 271 Å². The standard InChI is InChI=1S/C55H112NO7P/c1-6-8-10-12-14-16-18-20-22-23-24-25-26-27-28-29-30-31-32-33-34-35-36-38-40-42-44-46-48-55(57)63-54(53-62-64(58,59)61-51-49-56(3,4)5)52-60-50-47-45-43-41-39-37-21-19-17-15-13-11-9-7-2/h54H,6-53H2,1-5H3/p+1/t54-/m1/s1. The van der Waals surface area contributed by atoms with E-state index in [2.05, 4.69) is 13.8 Å². The summed E-state index contributed by atoms with van der Waals surface area (Å²) in [6.07, 6.45) is 56.0. The molecule has 9 heteroatoms. The second-order valence-electron chi connectivity index (χ2n) is 20.7. The zero-order valence-electron chi connectivity index (χ0n) is 43.8. The number of likely N-dealkylation sites (N-methyl/N-ethyl adjacent to an activating group) is 1. The monoisotopic (exact) mass is 931 g/mol. The first-order valence-electron chi connectivity index (χ1n) is 28.3. The highest BCUT2D eigenvalue weighted by molar-refractivity contribution is 7.47. The molecular weight excluding hydrogens is 818 g/mol. The molecule has 1 unspecified atom stereocenters. The van der Waals surface area contributed by atoms with Crippen molar-refractivity contribution in [3.8, 4) is 0 Å². The summed E-state index contributed by atoms with van der Waals surface area (Å²) in [6.45, 7) is 5.71. The number of hydrogen-bond acceptors (Lipinski definition) is 6. The van der Waals surface area contributed by atoms with Crippen LogP contribution in [0.5, 0.6) is 0 Å². The van der Waals surface area contributed by atoms with Crippen LogP contribution >= 0.6 is 7.82 Å². The molecule has 0 radical (unpaired) electrons. The van der Waals surface area contributed by atoms with Crippen molar-refractivity contribution in [3.63, 3.8) is 0 Å². The van der Waals surface area contributed by atoms with Gasteiger partial charge in [0.15, 0.2) is 0 Å². The summed E-state index contributed by atoms with van der Waals surface area (Å²) >= 11 is 0. The predicted octanol–water partition coefficient (Wildman–Crippen LogP) is 17.6. The number of quaternary nitrogens is 1. The van der Waals surface area contributed by atoms with Crippen LogP contribution < -0.4 is 0 Å². The number of ether oxygens (including phenoxy) is 2. The summed E-state index contributed by atoms with van der Waals surface area (Å²) in [5.41, 5.74) is 0. The first kappa shape index (κ1) is 63.5. The Kier molecular flexibility index (Phi) is 48.6. The molecule has 0 heterocycles. The molecule has 0 saturated heterocycles. The van der Waals surface area contributed by atoms with E-state index in [0.29, 0.717) is 24.1 Å². The van der Waals surface area contributed by atoms with Gasteiger partial charge in [-0.2, -0.15) is 0 Å². The maximum atomic E-state index is 12.8. The highest BCUT2D eigenvalue weighted by Crippen LogP contribution is 2.43. The molecule has 0 amide bonds. The summed E-state index contributed by atoms with van der Waals surface area (Å²) in [7, 11) is 1.69. The Hall–Kier alpha value is -0.500. The molecule has 0 rings (SSSR count). The van der Waals surface area contributed by atoms with Gasteiger partial charge in [0.1, 0.15) is 19.3 Å². The first-order chi connectivity index (χ1) is 31.1. The number of phosphoric ester groups is 1. The average Bonchev–Trinajstić information content (AvgIpc) is 3.25. The van der Waals surface area contributed by atoms with Crippen LogP contribution in [0, 0.1) is 0 Å². The second kappa shape index (κ2) is 48.9. The predicted molar refractivity (Wildman–Crippen MR) is 275 cm³/mol. The van der Waals surface area contributed by atoms with Gasteiger partial charge in [-0.25, -0.2) is 4.57 Å². The molecule has 0 aliphatic heterocycles. The second-order valence-corrected chi connectivity index (χ2v) is 22.1. The Morgan fingerprint density at radius 1 is 0.422 bits per heavy atom. The number of esters is 1. The molecule has 0 aromatic carbocycles. The fourth-order valence-corrected chi connectivity index (χ4v) is 9.30. The molecule has 64 heavy (non-hydrogen) atoms. The number of unbranched alkanes of at least 4 members (excludes halogenated alkanes) is 40. The van der Waals surface area contributed by atoms with Crippen molar-refractivity contribution in [1.29, 1.82) is 0 Å². The van der Waals surface area contributed by atoms with E-state index in [9.17, 15) is 14.3 Å². The third kappa shape index (κ3) is 52.5. The van der Waals surface area contributed by atoms with Crippen molar-refractivity contribution in [1.82, 2.24) is 0 Å². The Bertz CT molecular complexity index is 992. The zero-order valence-corrected chi connectivity index (χ0v) is 44.7. The summed E-state index contributed by atoms with van der Waals surface area (Å²) in [6, 6.07) is 0. The molecule has 0 bridgehead atoms. The molecule has 0 aliphatic rings. The van der Waals surface area contributed by atoms with Crippen LogP contribution in [0.4, 0.5) is 0 Å². The number of rotatable bonds is 54. The van der Waals surface area contributed by atoms with Crippen molar-refractivity contribution >= 4 is 13.8 Å². The lowest BCUT2D eigenvalue weighted by Gasteiger charge is -2.24. The van der Waals surface area contributed by atoms with Gasteiger partial charge in [0.25, 0.3) is 0 Å². The minimum atomic E-state index is -4.27. The minimum absolute atomic E-state index is 0.0943. The number of carbonyl (C=O) groups excluding carboxylic acids is 1. The maximum Gasteiger partial charge on any atom is 0.472 e. The van der Waals surface area contributed by atoms with E-state index < -0.39 is 13.9 Å². The Morgan fingerprint density at radius 3 is 1.03 bits per heavy atom. The highest BCUT2D eigenvalue weighted by Gasteiger charge is 2.26. The van der Waals surface area contributed by atoms with Crippen molar-refractivity contribution in [2.75, 3.05) is 54.1 Å². The van der Waals surface area contributed by atoms with E-state index >= 15 is 0 Å². The van der Waals surface area contributed by atoms with Gasteiger partial charge in [0, 0.05) is 13.0 Å². The molecule has 0 fully saturated rings. The van der Waals surface area contributed by atoms with Gasteiger partial charge < -0.3 is 18.9 Å². The van der Waals surface area contributed by atoms with Gasteiger partial charge in [-0.15, -0.1) is 0 Å². The number of phosphoric acid groups is 1. The quantitative estimate of drug-likeness (QED) is 0.0281. The maximum absolute atomic E-state index is 12.8. The molecule has 0 aliphatic carbocycles. The van der Waals surface area contributed by atoms with Crippen molar-refractivity contribution < 1.29 is 37.3 Å². The molecule has 0 aromatic heterocycles. The molecule has 0 aromatic rings. The summed E-state index contributed by atoms with van der Waals surface area (Å²) in [5.74, 6) is -0.303. The van der Waals surface area contributed by atoms with E-state index in [0.717, 1.165) is 32.1 Å². The van der Waals surface area contributed by atoms with Crippen molar-refractivity contribution in [2.45, 2.75) is 296 Å². The van der Waals surface area contributed by atoms with E-state index in [-0.39, 0.29) is 25.8 Å². The Labute approximate surface area is 399 Å². The summed E-state index contributed by atoms with van der Waals surface area (Å²) < 4.78 is 35.2. The smallest absolute Gasteiger partial charge is 0.457 e. The lowest BCUT2D eigenvalue weighted by molar-refractivity contribution is -0.870. The van der Waals surface area contributed by atoms with E-state index in [1.165, 1.54) is 238 Å². The number of nitrogens with zero attached hydrogens (tertiary/aromatic N) is 1. The van der Waals surface area contributed by atoms with Crippen LogP contribution in [0.1, 0.15) is 290 Å².